The number of esters is 1. The molecule has 1 aliphatic heterocycles. The van der Waals surface area contributed by atoms with Gasteiger partial charge in [-0.05, 0) is 55.3 Å². The molecule has 7 nitrogen and oxygen atoms in total. The molecule has 2 heterocycles. The van der Waals surface area contributed by atoms with Gasteiger partial charge in [0.05, 0.1) is 22.5 Å². The van der Waals surface area contributed by atoms with Crippen LogP contribution in [0.5, 0.6) is 17.4 Å². The van der Waals surface area contributed by atoms with Crippen molar-refractivity contribution >= 4 is 5.97 Å². The maximum absolute atomic E-state index is 13.7. The second-order valence-corrected chi connectivity index (χ2v) is 7.94. The molecule has 0 N–H and O–H groups in total. The van der Waals surface area contributed by atoms with Crippen LogP contribution in [0.15, 0.2) is 83.7 Å². The fraction of sp³-hybridized carbons (Fsp3) is 0.185. The summed E-state index contributed by atoms with van der Waals surface area (Å²) in [6.07, 6.45) is 2.18. The Labute approximate surface area is 196 Å². The number of aromatic nitrogens is 2. The monoisotopic (exact) mass is 456 g/mol. The zero-order valence-corrected chi connectivity index (χ0v) is 18.8. The molecule has 0 aliphatic carbocycles. The Balaban J connectivity index is 1.67. The highest BCUT2D eigenvalue weighted by Gasteiger charge is 2.26. The smallest absolute Gasteiger partial charge is 0.345 e. The van der Waals surface area contributed by atoms with Gasteiger partial charge in [0.1, 0.15) is 0 Å². The largest absolute Gasteiger partial charge is 0.454 e. The number of para-hydroxylation sites is 2. The van der Waals surface area contributed by atoms with E-state index in [9.17, 15) is 9.59 Å². The van der Waals surface area contributed by atoms with Gasteiger partial charge < -0.3 is 14.2 Å². The summed E-state index contributed by atoms with van der Waals surface area (Å²) in [6, 6.07) is 23.6. The predicted molar refractivity (Wildman–Crippen MR) is 128 cm³/mol. The molecule has 0 unspecified atom stereocenters. The molecule has 34 heavy (non-hydrogen) atoms. The van der Waals surface area contributed by atoms with Crippen molar-refractivity contribution in [2.75, 3.05) is 6.79 Å². The molecule has 1 aliphatic rings. The standard InChI is InChI=1S/C27H24N2O5/c1-2-3-14-22-25(30)28(20-10-6-4-7-11-20)29(21-12-8-5-9-13-21)26(22)34-27(31)19-15-16-23-24(17-19)33-18-32-23/h4-13,15-17H,2-3,14,18H2,1H3. The molecule has 0 saturated carbocycles. The zero-order valence-electron chi connectivity index (χ0n) is 18.8. The summed E-state index contributed by atoms with van der Waals surface area (Å²) in [4.78, 5) is 26.9. The molecule has 0 atom stereocenters. The first-order valence-corrected chi connectivity index (χ1v) is 11.3. The molecule has 0 spiro atoms. The molecule has 1 aromatic heterocycles. The fourth-order valence-corrected chi connectivity index (χ4v) is 3.98. The van der Waals surface area contributed by atoms with E-state index in [1.807, 2.05) is 60.7 Å². The van der Waals surface area contributed by atoms with E-state index >= 15 is 0 Å². The summed E-state index contributed by atoms with van der Waals surface area (Å²) in [7, 11) is 0. The van der Waals surface area contributed by atoms with Gasteiger partial charge in [-0.15, -0.1) is 0 Å². The molecule has 172 valence electrons. The molecular formula is C27H24N2O5. The van der Waals surface area contributed by atoms with Gasteiger partial charge in [0, 0.05) is 0 Å². The predicted octanol–water partition coefficient (Wildman–Crippen LogP) is 4.92. The van der Waals surface area contributed by atoms with Crippen LogP contribution in [0.3, 0.4) is 0 Å². The van der Waals surface area contributed by atoms with E-state index in [4.69, 9.17) is 14.2 Å². The van der Waals surface area contributed by atoms with Crippen LogP contribution in [0.1, 0.15) is 35.7 Å². The van der Waals surface area contributed by atoms with Gasteiger partial charge in [0.25, 0.3) is 5.56 Å². The van der Waals surface area contributed by atoms with Crippen molar-refractivity contribution in [2.24, 2.45) is 0 Å². The Morgan fingerprint density at radius 3 is 2.21 bits per heavy atom. The van der Waals surface area contributed by atoms with Crippen LogP contribution in [0.25, 0.3) is 11.4 Å². The Bertz CT molecular complexity index is 1370. The molecule has 4 aromatic rings. The van der Waals surface area contributed by atoms with E-state index in [1.54, 1.807) is 27.6 Å². The van der Waals surface area contributed by atoms with Gasteiger partial charge in [-0.3, -0.25) is 4.79 Å². The summed E-state index contributed by atoms with van der Waals surface area (Å²) >= 11 is 0. The number of ether oxygens (including phenoxy) is 3. The van der Waals surface area contributed by atoms with Crippen molar-refractivity contribution in [3.63, 3.8) is 0 Å². The number of fused-ring (bicyclic) bond motifs is 1. The topological polar surface area (TPSA) is 71.7 Å². The van der Waals surface area contributed by atoms with Gasteiger partial charge in [0.2, 0.25) is 12.7 Å². The van der Waals surface area contributed by atoms with Crippen molar-refractivity contribution in [2.45, 2.75) is 26.2 Å². The quantitative estimate of drug-likeness (QED) is 0.369. The third-order valence-electron chi connectivity index (χ3n) is 5.68. The van der Waals surface area contributed by atoms with E-state index in [2.05, 4.69) is 6.92 Å². The van der Waals surface area contributed by atoms with Gasteiger partial charge in [-0.2, -0.15) is 0 Å². The first-order valence-electron chi connectivity index (χ1n) is 11.3. The summed E-state index contributed by atoms with van der Waals surface area (Å²) in [5, 5.41) is 0. The van der Waals surface area contributed by atoms with Crippen LogP contribution in [-0.2, 0) is 6.42 Å². The fourth-order valence-electron chi connectivity index (χ4n) is 3.98. The Morgan fingerprint density at radius 1 is 0.882 bits per heavy atom. The molecular weight excluding hydrogens is 432 g/mol. The average molecular weight is 456 g/mol. The van der Waals surface area contributed by atoms with E-state index in [-0.39, 0.29) is 18.2 Å². The highest BCUT2D eigenvalue weighted by molar-refractivity contribution is 5.92. The van der Waals surface area contributed by atoms with Crippen molar-refractivity contribution < 1.29 is 19.0 Å². The SMILES string of the molecule is CCCCc1c(OC(=O)c2ccc3c(c2)OCO3)n(-c2ccccc2)n(-c2ccccc2)c1=O. The highest BCUT2D eigenvalue weighted by Crippen LogP contribution is 2.33. The maximum Gasteiger partial charge on any atom is 0.345 e. The van der Waals surface area contributed by atoms with Crippen LogP contribution in [0, 0.1) is 0 Å². The highest BCUT2D eigenvalue weighted by atomic mass is 16.7. The van der Waals surface area contributed by atoms with Crippen molar-refractivity contribution in [3.05, 3.63) is 100 Å². The lowest BCUT2D eigenvalue weighted by atomic mass is 10.1. The van der Waals surface area contributed by atoms with Gasteiger partial charge >= 0.3 is 5.97 Å². The Morgan fingerprint density at radius 2 is 1.53 bits per heavy atom. The van der Waals surface area contributed by atoms with Gasteiger partial charge in [-0.1, -0.05) is 49.7 Å². The first-order chi connectivity index (χ1) is 16.7. The maximum atomic E-state index is 13.7. The lowest BCUT2D eigenvalue weighted by Crippen LogP contribution is -2.21. The molecule has 0 amide bonds. The van der Waals surface area contributed by atoms with Crippen molar-refractivity contribution in [1.82, 2.24) is 9.36 Å². The summed E-state index contributed by atoms with van der Waals surface area (Å²) in [5.41, 5.74) is 1.95. The van der Waals surface area contributed by atoms with E-state index in [0.717, 1.165) is 12.8 Å². The summed E-state index contributed by atoms with van der Waals surface area (Å²) < 4.78 is 19.9. The molecule has 7 heteroatoms. The van der Waals surface area contributed by atoms with Crippen LogP contribution in [0.2, 0.25) is 0 Å². The van der Waals surface area contributed by atoms with Gasteiger partial charge in [0.15, 0.2) is 11.5 Å². The van der Waals surface area contributed by atoms with Crippen LogP contribution < -0.4 is 19.8 Å². The normalized spacial score (nSPS) is 12.0. The number of carbonyl (C=O) groups is 1. The number of unbranched alkanes of at least 4 members (excludes halogenated alkanes) is 1. The zero-order chi connectivity index (χ0) is 23.5. The van der Waals surface area contributed by atoms with E-state index in [0.29, 0.717) is 40.4 Å². The van der Waals surface area contributed by atoms with Crippen LogP contribution in [-0.4, -0.2) is 22.1 Å². The second kappa shape index (κ2) is 9.31. The third kappa shape index (κ3) is 3.96. The molecule has 3 aromatic carbocycles. The molecule has 0 radical (unpaired) electrons. The lowest BCUT2D eigenvalue weighted by Gasteiger charge is -2.15. The number of hydrogen-bond donors (Lipinski definition) is 0. The number of rotatable bonds is 7. The van der Waals surface area contributed by atoms with E-state index < -0.39 is 5.97 Å². The van der Waals surface area contributed by atoms with Crippen LogP contribution >= 0.6 is 0 Å². The average Bonchev–Trinajstić information content (AvgIpc) is 3.45. The number of carbonyl (C=O) groups excluding carboxylic acids is 1. The second-order valence-electron chi connectivity index (χ2n) is 7.94. The van der Waals surface area contributed by atoms with Crippen LogP contribution in [0.4, 0.5) is 0 Å². The third-order valence-corrected chi connectivity index (χ3v) is 5.68. The molecule has 0 saturated heterocycles. The van der Waals surface area contributed by atoms with Gasteiger partial charge in [-0.25, -0.2) is 14.2 Å². The minimum atomic E-state index is -0.578. The molecule has 0 bridgehead atoms. The summed E-state index contributed by atoms with van der Waals surface area (Å²) in [5.74, 6) is 0.710. The first kappa shape index (κ1) is 21.6. The number of benzene rings is 3. The summed E-state index contributed by atoms with van der Waals surface area (Å²) in [6.45, 7) is 2.17. The Hall–Kier alpha value is -4.26. The molecule has 5 rings (SSSR count). The lowest BCUT2D eigenvalue weighted by molar-refractivity contribution is 0.0720. The number of nitrogens with zero attached hydrogens (tertiary/aromatic N) is 2. The Kier molecular flexibility index (Phi) is 5.91. The van der Waals surface area contributed by atoms with Crippen molar-refractivity contribution in [1.29, 1.82) is 0 Å². The minimum Gasteiger partial charge on any atom is -0.454 e. The molecule has 0 fully saturated rings. The van der Waals surface area contributed by atoms with E-state index in [1.165, 1.54) is 0 Å². The number of hydrogen-bond acceptors (Lipinski definition) is 5. The minimum absolute atomic E-state index is 0.114. The van der Waals surface area contributed by atoms with Crippen molar-refractivity contribution in [3.8, 4) is 28.8 Å².